The van der Waals surface area contributed by atoms with E-state index in [1.54, 1.807) is 34.6 Å². The molecule has 7 nitrogen and oxygen atoms in total. The number of carbonyl (C=O) groups excluding carboxylic acids is 3. The van der Waals surface area contributed by atoms with E-state index in [4.69, 9.17) is 4.74 Å². The highest BCUT2D eigenvalue weighted by Gasteiger charge is 2.28. The van der Waals surface area contributed by atoms with E-state index in [2.05, 4.69) is 14.8 Å². The molecule has 0 fully saturated rings. The summed E-state index contributed by atoms with van der Waals surface area (Å²) >= 11 is 0. The van der Waals surface area contributed by atoms with Crippen molar-refractivity contribution >= 4 is 18.5 Å². The Morgan fingerprint density at radius 2 is 1.84 bits per heavy atom. The number of rotatable bonds is 6. The first-order valence-electron chi connectivity index (χ1n) is 5.88. The third-order valence-corrected chi connectivity index (χ3v) is 1.93. The first-order chi connectivity index (χ1) is 8.67. The molecular formula is C12H21NO6. The van der Waals surface area contributed by atoms with E-state index in [0.29, 0.717) is 0 Å². The molecule has 0 rings (SSSR count). The van der Waals surface area contributed by atoms with Crippen LogP contribution in [0.3, 0.4) is 0 Å². The number of amides is 1. The van der Waals surface area contributed by atoms with Crippen molar-refractivity contribution in [3.05, 3.63) is 0 Å². The van der Waals surface area contributed by atoms with Crippen molar-refractivity contribution in [3.8, 4) is 0 Å². The van der Waals surface area contributed by atoms with Crippen LogP contribution in [0.5, 0.6) is 0 Å². The Kier molecular flexibility index (Phi) is 6.89. The van der Waals surface area contributed by atoms with Gasteiger partial charge >= 0.3 is 12.1 Å². The van der Waals surface area contributed by atoms with E-state index < -0.39 is 30.5 Å². The molecule has 0 aliphatic heterocycles. The van der Waals surface area contributed by atoms with Crippen molar-refractivity contribution in [1.82, 2.24) is 5.32 Å². The maximum atomic E-state index is 11.7. The average Bonchev–Trinajstić information content (AvgIpc) is 2.23. The van der Waals surface area contributed by atoms with E-state index in [-0.39, 0.29) is 12.4 Å². The van der Waals surface area contributed by atoms with E-state index >= 15 is 0 Å². The highest BCUT2D eigenvalue weighted by molar-refractivity contribution is 5.81. The fourth-order valence-corrected chi connectivity index (χ4v) is 1.14. The number of hydrogen-bond acceptors (Lipinski definition) is 6. The van der Waals surface area contributed by atoms with Crippen LogP contribution in [0.25, 0.3) is 0 Å². The number of nitrogens with one attached hydrogen (secondary N) is 1. The van der Waals surface area contributed by atoms with Crippen molar-refractivity contribution in [2.45, 2.75) is 46.3 Å². The van der Waals surface area contributed by atoms with E-state index in [1.165, 1.54) is 0 Å². The highest BCUT2D eigenvalue weighted by atomic mass is 16.7. The standard InChI is InChI=1S/C12H21NO6/c1-8(2)9(10(15)18-7-17-6-14)13-11(16)19-12(3,4)5/h6,8-9H,7H2,1-5H3,(H,13,16)/t9-/m0/s1. The molecule has 0 saturated heterocycles. The summed E-state index contributed by atoms with van der Waals surface area (Å²) < 4.78 is 14.0. The topological polar surface area (TPSA) is 90.9 Å². The fourth-order valence-electron chi connectivity index (χ4n) is 1.14. The van der Waals surface area contributed by atoms with Crippen LogP contribution in [0.1, 0.15) is 34.6 Å². The summed E-state index contributed by atoms with van der Waals surface area (Å²) in [5.74, 6) is -0.890. The quantitative estimate of drug-likeness (QED) is 0.339. The van der Waals surface area contributed by atoms with Crippen molar-refractivity contribution < 1.29 is 28.6 Å². The van der Waals surface area contributed by atoms with Gasteiger partial charge in [-0.1, -0.05) is 13.8 Å². The minimum Gasteiger partial charge on any atom is -0.444 e. The minimum absolute atomic E-state index is 0.166. The molecule has 0 aliphatic rings. The van der Waals surface area contributed by atoms with Crippen LogP contribution >= 0.6 is 0 Å². The first kappa shape index (κ1) is 17.2. The Labute approximate surface area is 112 Å². The van der Waals surface area contributed by atoms with Gasteiger partial charge in [-0.05, 0) is 26.7 Å². The lowest BCUT2D eigenvalue weighted by Gasteiger charge is -2.24. The molecule has 0 aliphatic carbocycles. The van der Waals surface area contributed by atoms with Gasteiger partial charge < -0.3 is 19.5 Å². The van der Waals surface area contributed by atoms with Gasteiger partial charge in [0.05, 0.1) is 0 Å². The van der Waals surface area contributed by atoms with Gasteiger partial charge in [0.1, 0.15) is 11.6 Å². The maximum Gasteiger partial charge on any atom is 0.408 e. The van der Waals surface area contributed by atoms with Gasteiger partial charge in [0.25, 0.3) is 6.47 Å². The third kappa shape index (κ3) is 8.01. The molecule has 0 unspecified atom stereocenters. The van der Waals surface area contributed by atoms with Gasteiger partial charge in [-0.15, -0.1) is 0 Å². The molecule has 7 heteroatoms. The third-order valence-electron chi connectivity index (χ3n) is 1.93. The molecule has 0 aromatic carbocycles. The summed E-state index contributed by atoms with van der Waals surface area (Å²) in [7, 11) is 0. The molecule has 0 aromatic rings. The van der Waals surface area contributed by atoms with Gasteiger partial charge in [0.15, 0.2) is 0 Å². The molecule has 0 spiro atoms. The van der Waals surface area contributed by atoms with Gasteiger partial charge in [-0.25, -0.2) is 9.59 Å². The van der Waals surface area contributed by atoms with E-state index in [0.717, 1.165) is 0 Å². The predicted octanol–water partition coefficient (Wildman–Crippen LogP) is 1.21. The SMILES string of the molecule is CC(C)[C@H](NC(=O)OC(C)(C)C)C(=O)OCOC=O. The zero-order chi connectivity index (χ0) is 15.1. The van der Waals surface area contributed by atoms with E-state index in [9.17, 15) is 14.4 Å². The van der Waals surface area contributed by atoms with Gasteiger partial charge in [0.2, 0.25) is 6.79 Å². The van der Waals surface area contributed by atoms with Gasteiger partial charge in [-0.3, -0.25) is 4.79 Å². The second-order valence-electron chi connectivity index (χ2n) is 5.21. The molecule has 1 N–H and O–H groups in total. The lowest BCUT2D eigenvalue weighted by Crippen LogP contribution is -2.47. The second-order valence-corrected chi connectivity index (χ2v) is 5.21. The molecule has 0 radical (unpaired) electrons. The smallest absolute Gasteiger partial charge is 0.408 e. The summed E-state index contributed by atoms with van der Waals surface area (Å²) in [6.45, 7) is 8.31. The molecule has 0 heterocycles. The number of hydrogen-bond donors (Lipinski definition) is 1. The van der Waals surface area contributed by atoms with Crippen LogP contribution < -0.4 is 5.32 Å². The number of carbonyl (C=O) groups is 3. The Bertz CT molecular complexity index is 321. The summed E-state index contributed by atoms with van der Waals surface area (Å²) in [4.78, 5) is 33.2. The Morgan fingerprint density at radius 3 is 2.26 bits per heavy atom. The van der Waals surface area contributed by atoms with Crippen molar-refractivity contribution in [3.63, 3.8) is 0 Å². The van der Waals surface area contributed by atoms with E-state index in [1.807, 2.05) is 0 Å². The Balaban J connectivity index is 4.44. The van der Waals surface area contributed by atoms with Crippen molar-refractivity contribution in [2.24, 2.45) is 5.92 Å². The molecule has 0 bridgehead atoms. The Morgan fingerprint density at radius 1 is 1.26 bits per heavy atom. The Hall–Kier alpha value is -1.79. The van der Waals surface area contributed by atoms with Crippen LogP contribution in [0, 0.1) is 5.92 Å². The normalized spacial score (nSPS) is 12.5. The number of ether oxygens (including phenoxy) is 3. The lowest BCUT2D eigenvalue weighted by molar-refractivity contribution is -0.162. The molecule has 110 valence electrons. The monoisotopic (exact) mass is 275 g/mol. The largest absolute Gasteiger partial charge is 0.444 e. The van der Waals surface area contributed by atoms with Crippen LogP contribution in [0.4, 0.5) is 4.79 Å². The van der Waals surface area contributed by atoms with Crippen LogP contribution in [-0.2, 0) is 23.8 Å². The fraction of sp³-hybridized carbons (Fsp3) is 0.750. The zero-order valence-corrected chi connectivity index (χ0v) is 11.9. The van der Waals surface area contributed by atoms with Gasteiger partial charge in [0, 0.05) is 0 Å². The average molecular weight is 275 g/mol. The zero-order valence-electron chi connectivity index (χ0n) is 11.9. The molecular weight excluding hydrogens is 254 g/mol. The molecule has 0 aromatic heterocycles. The van der Waals surface area contributed by atoms with Crippen LogP contribution in [0.15, 0.2) is 0 Å². The van der Waals surface area contributed by atoms with Crippen molar-refractivity contribution in [2.75, 3.05) is 6.79 Å². The maximum absolute atomic E-state index is 11.7. The molecule has 1 atom stereocenters. The summed E-state index contributed by atoms with van der Waals surface area (Å²) in [6.07, 6.45) is -0.709. The van der Waals surface area contributed by atoms with Crippen molar-refractivity contribution in [1.29, 1.82) is 0 Å². The summed E-state index contributed by atoms with van der Waals surface area (Å²) in [5, 5.41) is 2.42. The minimum atomic E-state index is -0.870. The molecule has 0 saturated carbocycles. The van der Waals surface area contributed by atoms with Crippen LogP contribution in [0.2, 0.25) is 0 Å². The van der Waals surface area contributed by atoms with Gasteiger partial charge in [-0.2, -0.15) is 0 Å². The summed E-state index contributed by atoms with van der Waals surface area (Å²) in [6, 6.07) is -0.870. The highest BCUT2D eigenvalue weighted by Crippen LogP contribution is 2.09. The molecule has 1 amide bonds. The lowest BCUT2D eigenvalue weighted by atomic mass is 10.1. The second kappa shape index (κ2) is 7.60. The summed E-state index contributed by atoms with van der Waals surface area (Å²) in [5.41, 5.74) is -0.657. The van der Waals surface area contributed by atoms with Crippen LogP contribution in [-0.4, -0.2) is 37.0 Å². The number of esters is 1. The molecule has 19 heavy (non-hydrogen) atoms. The number of alkyl carbamates (subject to hydrolysis) is 1. The first-order valence-corrected chi connectivity index (χ1v) is 5.88. The predicted molar refractivity (Wildman–Crippen MR) is 66.1 cm³/mol.